The fourth-order valence-corrected chi connectivity index (χ4v) is 2.34. The fourth-order valence-electron chi connectivity index (χ4n) is 2.34. The van der Waals surface area contributed by atoms with Crippen LogP contribution in [0.2, 0.25) is 0 Å². The Labute approximate surface area is 134 Å². The van der Waals surface area contributed by atoms with E-state index >= 15 is 0 Å². The number of amides is 1. The SMILES string of the molecule is CC1CCC(=NNC(=O)[C@H](C)Oc2ccc([N+](=O)[O-])cc2)CC1. The van der Waals surface area contributed by atoms with Crippen LogP contribution in [-0.2, 0) is 4.79 Å². The molecule has 1 aliphatic carbocycles. The molecule has 23 heavy (non-hydrogen) atoms. The molecule has 1 aromatic carbocycles. The fraction of sp³-hybridized carbons (Fsp3) is 0.500. The molecule has 1 aromatic rings. The number of nitro benzene ring substituents is 1. The lowest BCUT2D eigenvalue weighted by Gasteiger charge is -2.19. The predicted molar refractivity (Wildman–Crippen MR) is 86.4 cm³/mol. The van der Waals surface area contributed by atoms with Crippen molar-refractivity contribution in [3.8, 4) is 5.75 Å². The second-order valence-corrected chi connectivity index (χ2v) is 5.85. The van der Waals surface area contributed by atoms with Gasteiger partial charge in [0.2, 0.25) is 0 Å². The first-order chi connectivity index (χ1) is 11.0. The summed E-state index contributed by atoms with van der Waals surface area (Å²) in [5, 5.41) is 14.7. The average molecular weight is 319 g/mol. The molecule has 0 aliphatic heterocycles. The van der Waals surface area contributed by atoms with E-state index in [1.54, 1.807) is 6.92 Å². The molecule has 0 heterocycles. The summed E-state index contributed by atoms with van der Waals surface area (Å²) in [6.07, 6.45) is 3.30. The van der Waals surface area contributed by atoms with Gasteiger partial charge in [-0.1, -0.05) is 6.92 Å². The molecule has 0 radical (unpaired) electrons. The van der Waals surface area contributed by atoms with Crippen LogP contribution in [0.25, 0.3) is 0 Å². The summed E-state index contributed by atoms with van der Waals surface area (Å²) in [6.45, 7) is 3.83. The molecular formula is C16H21N3O4. The highest BCUT2D eigenvalue weighted by molar-refractivity contribution is 5.87. The van der Waals surface area contributed by atoms with E-state index in [-0.39, 0.29) is 11.6 Å². The van der Waals surface area contributed by atoms with E-state index in [9.17, 15) is 14.9 Å². The molecule has 0 bridgehead atoms. The molecule has 0 saturated heterocycles. The van der Waals surface area contributed by atoms with E-state index in [2.05, 4.69) is 17.5 Å². The average Bonchev–Trinajstić information content (AvgIpc) is 2.54. The standard InChI is InChI=1S/C16H21N3O4/c1-11-3-5-13(6-4-11)17-18-16(20)12(2)23-15-9-7-14(8-10-15)19(21)22/h7-12H,3-6H2,1-2H3,(H,18,20)/t11?,12-/m0/s1. The first-order valence-electron chi connectivity index (χ1n) is 7.72. The molecule has 7 nitrogen and oxygen atoms in total. The number of nitro groups is 1. The van der Waals surface area contributed by atoms with Gasteiger partial charge in [-0.05, 0) is 50.7 Å². The summed E-state index contributed by atoms with van der Waals surface area (Å²) in [5.74, 6) is 0.779. The third-order valence-corrected chi connectivity index (χ3v) is 3.91. The van der Waals surface area contributed by atoms with Crippen molar-refractivity contribution in [2.75, 3.05) is 0 Å². The maximum atomic E-state index is 12.0. The second-order valence-electron chi connectivity index (χ2n) is 5.85. The van der Waals surface area contributed by atoms with Gasteiger partial charge in [0.05, 0.1) is 4.92 Å². The van der Waals surface area contributed by atoms with Crippen molar-refractivity contribution in [3.63, 3.8) is 0 Å². The zero-order chi connectivity index (χ0) is 16.8. The van der Waals surface area contributed by atoms with Crippen LogP contribution < -0.4 is 10.2 Å². The Balaban J connectivity index is 1.85. The van der Waals surface area contributed by atoms with Crippen LogP contribution in [0, 0.1) is 16.0 Å². The van der Waals surface area contributed by atoms with Gasteiger partial charge in [-0.3, -0.25) is 14.9 Å². The quantitative estimate of drug-likeness (QED) is 0.666. The number of rotatable bonds is 5. The van der Waals surface area contributed by atoms with E-state index in [4.69, 9.17) is 4.74 Å². The van der Waals surface area contributed by atoms with Crippen LogP contribution in [0.3, 0.4) is 0 Å². The van der Waals surface area contributed by atoms with E-state index in [1.165, 1.54) is 24.3 Å². The Bertz CT molecular complexity index is 588. The number of hydrogen-bond acceptors (Lipinski definition) is 5. The van der Waals surface area contributed by atoms with Crippen molar-refractivity contribution >= 4 is 17.3 Å². The summed E-state index contributed by atoms with van der Waals surface area (Å²) in [7, 11) is 0. The van der Waals surface area contributed by atoms with Crippen LogP contribution in [0.4, 0.5) is 5.69 Å². The maximum Gasteiger partial charge on any atom is 0.280 e. The highest BCUT2D eigenvalue weighted by Gasteiger charge is 2.17. The summed E-state index contributed by atoms with van der Waals surface area (Å²) in [4.78, 5) is 22.1. The van der Waals surface area contributed by atoms with Crippen LogP contribution >= 0.6 is 0 Å². The first kappa shape index (κ1) is 16.9. The summed E-state index contributed by atoms with van der Waals surface area (Å²) in [5.41, 5.74) is 3.52. The normalized spacial score (nSPS) is 18.9. The lowest BCUT2D eigenvalue weighted by molar-refractivity contribution is -0.384. The minimum atomic E-state index is -0.733. The lowest BCUT2D eigenvalue weighted by Crippen LogP contribution is -2.34. The van der Waals surface area contributed by atoms with Crippen molar-refractivity contribution in [1.29, 1.82) is 0 Å². The molecule has 1 amide bonds. The molecule has 1 fully saturated rings. The van der Waals surface area contributed by atoms with Crippen molar-refractivity contribution < 1.29 is 14.5 Å². The molecule has 0 unspecified atom stereocenters. The van der Waals surface area contributed by atoms with Crippen LogP contribution in [-0.4, -0.2) is 22.6 Å². The van der Waals surface area contributed by atoms with Gasteiger partial charge in [-0.25, -0.2) is 5.43 Å². The molecule has 1 N–H and O–H groups in total. The van der Waals surface area contributed by atoms with Gasteiger partial charge < -0.3 is 4.74 Å². The molecule has 0 spiro atoms. The third-order valence-electron chi connectivity index (χ3n) is 3.91. The summed E-state index contributed by atoms with van der Waals surface area (Å²) >= 11 is 0. The van der Waals surface area contributed by atoms with Crippen LogP contribution in [0.5, 0.6) is 5.75 Å². The van der Waals surface area contributed by atoms with Gasteiger partial charge in [-0.2, -0.15) is 5.10 Å². The van der Waals surface area contributed by atoms with Gasteiger partial charge in [-0.15, -0.1) is 0 Å². The van der Waals surface area contributed by atoms with Crippen molar-refractivity contribution in [3.05, 3.63) is 34.4 Å². The van der Waals surface area contributed by atoms with Gasteiger partial charge in [0.15, 0.2) is 6.10 Å². The minimum Gasteiger partial charge on any atom is -0.481 e. The second kappa shape index (κ2) is 7.71. The van der Waals surface area contributed by atoms with Gasteiger partial charge >= 0.3 is 0 Å². The van der Waals surface area contributed by atoms with Gasteiger partial charge in [0.1, 0.15) is 5.75 Å². The third kappa shape index (κ3) is 5.05. The minimum absolute atomic E-state index is 0.0209. The van der Waals surface area contributed by atoms with Gasteiger partial charge in [0.25, 0.3) is 11.6 Å². The molecular weight excluding hydrogens is 298 g/mol. The Kier molecular flexibility index (Phi) is 5.67. The number of hydrogen-bond donors (Lipinski definition) is 1. The zero-order valence-corrected chi connectivity index (χ0v) is 13.3. The number of carbonyl (C=O) groups is 1. The smallest absolute Gasteiger partial charge is 0.280 e. The molecule has 0 aromatic heterocycles. The van der Waals surface area contributed by atoms with E-state index in [0.717, 1.165) is 31.4 Å². The Morgan fingerprint density at radius 2 is 1.96 bits per heavy atom. The van der Waals surface area contributed by atoms with Gasteiger partial charge in [0, 0.05) is 17.8 Å². The Morgan fingerprint density at radius 3 is 2.52 bits per heavy atom. The van der Waals surface area contributed by atoms with Crippen molar-refractivity contribution in [1.82, 2.24) is 5.43 Å². The number of benzene rings is 1. The molecule has 7 heteroatoms. The van der Waals surface area contributed by atoms with Crippen LogP contribution in [0.1, 0.15) is 39.5 Å². The van der Waals surface area contributed by atoms with Crippen molar-refractivity contribution in [2.45, 2.75) is 45.6 Å². The Hall–Kier alpha value is -2.44. The first-order valence-corrected chi connectivity index (χ1v) is 7.72. The van der Waals surface area contributed by atoms with Crippen molar-refractivity contribution in [2.24, 2.45) is 11.0 Å². The molecule has 2 rings (SSSR count). The summed E-state index contributed by atoms with van der Waals surface area (Å²) < 4.78 is 5.46. The van der Waals surface area contributed by atoms with E-state index in [0.29, 0.717) is 11.7 Å². The number of nitrogens with one attached hydrogen (secondary N) is 1. The Morgan fingerprint density at radius 1 is 1.35 bits per heavy atom. The van der Waals surface area contributed by atoms with E-state index < -0.39 is 11.0 Å². The van der Waals surface area contributed by atoms with E-state index in [1.807, 2.05) is 0 Å². The molecule has 1 atom stereocenters. The number of carbonyl (C=O) groups excluding carboxylic acids is 1. The highest BCUT2D eigenvalue weighted by atomic mass is 16.6. The maximum absolute atomic E-state index is 12.0. The monoisotopic (exact) mass is 319 g/mol. The predicted octanol–water partition coefficient (Wildman–Crippen LogP) is 3.04. The lowest BCUT2D eigenvalue weighted by atomic mass is 9.90. The highest BCUT2D eigenvalue weighted by Crippen LogP contribution is 2.21. The number of hydrazone groups is 1. The number of nitrogens with zero attached hydrogens (tertiary/aromatic N) is 2. The van der Waals surface area contributed by atoms with Crippen LogP contribution in [0.15, 0.2) is 29.4 Å². The zero-order valence-electron chi connectivity index (χ0n) is 13.3. The number of ether oxygens (including phenoxy) is 1. The largest absolute Gasteiger partial charge is 0.481 e. The summed E-state index contributed by atoms with van der Waals surface area (Å²) in [6, 6.07) is 5.61. The molecule has 1 saturated carbocycles. The number of non-ortho nitro benzene ring substituents is 1. The molecule has 124 valence electrons. The molecule has 1 aliphatic rings. The topological polar surface area (TPSA) is 93.8 Å².